The third kappa shape index (κ3) is 3.14. The highest BCUT2D eigenvalue weighted by Gasteiger charge is 2.52. The highest BCUT2D eigenvalue weighted by Crippen LogP contribution is 2.48. The minimum Gasteiger partial charge on any atom is -0.481 e. The normalized spacial score (nSPS) is 30.7. The highest BCUT2D eigenvalue weighted by atomic mass is 19.1. The number of hydrogen-bond acceptors (Lipinski definition) is 3. The van der Waals surface area contributed by atoms with Gasteiger partial charge in [0.05, 0.1) is 11.8 Å². The zero-order chi connectivity index (χ0) is 18.3. The van der Waals surface area contributed by atoms with Crippen LogP contribution in [0.1, 0.15) is 12.0 Å². The molecule has 0 unspecified atom stereocenters. The zero-order valence-electron chi connectivity index (χ0n) is 14.6. The Morgan fingerprint density at radius 1 is 1.08 bits per heavy atom. The Morgan fingerprint density at radius 3 is 2.42 bits per heavy atom. The summed E-state index contributed by atoms with van der Waals surface area (Å²) in [5.74, 6) is -2.04. The summed E-state index contributed by atoms with van der Waals surface area (Å²) in [7, 11) is 0. The first-order chi connectivity index (χ1) is 12.5. The van der Waals surface area contributed by atoms with Gasteiger partial charge < -0.3 is 10.0 Å². The summed E-state index contributed by atoms with van der Waals surface area (Å²) in [5.41, 5.74) is 0.925. The van der Waals surface area contributed by atoms with Crippen molar-refractivity contribution in [2.45, 2.75) is 13.0 Å². The maximum Gasteiger partial charge on any atom is 0.307 e. The molecule has 1 saturated carbocycles. The lowest BCUT2D eigenvalue weighted by Gasteiger charge is -2.37. The average Bonchev–Trinajstić information content (AvgIpc) is 3.23. The number of benzene rings is 1. The molecule has 0 aromatic heterocycles. The average molecular weight is 358 g/mol. The second-order valence-electron chi connectivity index (χ2n) is 7.57. The van der Waals surface area contributed by atoms with Crippen molar-refractivity contribution in [1.82, 2.24) is 9.80 Å². The predicted octanol–water partition coefficient (Wildman–Crippen LogP) is 1.99. The molecule has 1 aliphatic heterocycles. The van der Waals surface area contributed by atoms with Crippen LogP contribution < -0.4 is 0 Å². The Bertz CT molecular complexity index is 742. The molecule has 3 aliphatic rings. The van der Waals surface area contributed by atoms with Gasteiger partial charge in [-0.25, -0.2) is 4.39 Å². The van der Waals surface area contributed by atoms with Crippen molar-refractivity contribution in [2.75, 3.05) is 26.2 Å². The Balaban J connectivity index is 1.36. The fourth-order valence-electron chi connectivity index (χ4n) is 4.73. The summed E-state index contributed by atoms with van der Waals surface area (Å²) in [6.45, 7) is 3.29. The number of carboxylic acids is 1. The number of hydrogen-bond donors (Lipinski definition) is 1. The molecule has 1 aromatic carbocycles. The Hall–Kier alpha value is -2.21. The van der Waals surface area contributed by atoms with E-state index in [1.54, 1.807) is 6.07 Å². The van der Waals surface area contributed by atoms with E-state index in [0.29, 0.717) is 19.6 Å². The summed E-state index contributed by atoms with van der Waals surface area (Å²) in [6.07, 6.45) is 4.77. The van der Waals surface area contributed by atoms with Crippen LogP contribution in [0.4, 0.5) is 4.39 Å². The number of rotatable bonds is 4. The van der Waals surface area contributed by atoms with Crippen LogP contribution in [0.5, 0.6) is 0 Å². The summed E-state index contributed by atoms with van der Waals surface area (Å²) in [6, 6.07) is 6.58. The van der Waals surface area contributed by atoms with Crippen molar-refractivity contribution in [3.05, 3.63) is 47.8 Å². The zero-order valence-corrected chi connectivity index (χ0v) is 14.6. The molecule has 1 saturated heterocycles. The molecule has 1 aromatic rings. The van der Waals surface area contributed by atoms with E-state index < -0.39 is 17.8 Å². The van der Waals surface area contributed by atoms with Crippen molar-refractivity contribution >= 4 is 11.9 Å². The monoisotopic (exact) mass is 358 g/mol. The van der Waals surface area contributed by atoms with Crippen molar-refractivity contribution < 1.29 is 19.1 Å². The van der Waals surface area contributed by atoms with Crippen molar-refractivity contribution in [3.63, 3.8) is 0 Å². The van der Waals surface area contributed by atoms with E-state index >= 15 is 0 Å². The molecule has 0 spiro atoms. The summed E-state index contributed by atoms with van der Waals surface area (Å²) >= 11 is 0. The van der Waals surface area contributed by atoms with E-state index in [1.165, 1.54) is 12.1 Å². The highest BCUT2D eigenvalue weighted by molar-refractivity contribution is 5.87. The van der Waals surface area contributed by atoms with Gasteiger partial charge in [-0.1, -0.05) is 24.3 Å². The lowest BCUT2D eigenvalue weighted by molar-refractivity contribution is -0.151. The number of piperazine rings is 1. The molecule has 26 heavy (non-hydrogen) atoms. The third-order valence-corrected chi connectivity index (χ3v) is 6.01. The van der Waals surface area contributed by atoms with Crippen molar-refractivity contribution in [3.8, 4) is 0 Å². The largest absolute Gasteiger partial charge is 0.481 e. The van der Waals surface area contributed by atoms with Crippen LogP contribution in [0.15, 0.2) is 36.4 Å². The number of carboxylic acid groups (broad SMARTS) is 1. The predicted molar refractivity (Wildman–Crippen MR) is 93.6 cm³/mol. The molecule has 6 heteroatoms. The lowest BCUT2D eigenvalue weighted by Crippen LogP contribution is -2.52. The molecule has 4 rings (SSSR count). The molecule has 2 fully saturated rings. The van der Waals surface area contributed by atoms with Crippen LogP contribution in [0.3, 0.4) is 0 Å². The minimum absolute atomic E-state index is 0.000663. The van der Waals surface area contributed by atoms with E-state index in [-0.39, 0.29) is 23.6 Å². The number of carbonyl (C=O) groups is 2. The fraction of sp³-hybridized carbons (Fsp3) is 0.500. The van der Waals surface area contributed by atoms with Crippen LogP contribution in [-0.2, 0) is 16.1 Å². The van der Waals surface area contributed by atoms with Gasteiger partial charge in [-0.2, -0.15) is 0 Å². The number of allylic oxidation sites excluding steroid dienone is 2. The van der Waals surface area contributed by atoms with E-state index in [4.69, 9.17) is 0 Å². The second-order valence-corrected chi connectivity index (χ2v) is 7.57. The Morgan fingerprint density at radius 2 is 1.77 bits per heavy atom. The maximum absolute atomic E-state index is 13.3. The molecule has 5 nitrogen and oxygen atoms in total. The van der Waals surface area contributed by atoms with Gasteiger partial charge in [0.1, 0.15) is 5.82 Å². The number of aliphatic carboxylic acids is 1. The Labute approximate surface area is 152 Å². The lowest BCUT2D eigenvalue weighted by atomic mass is 9.82. The SMILES string of the molecule is O=C(O)[C@@H]1[C@@H](C(=O)N2CCN(Cc3cccc(F)c3)CC2)[C@H]2C=C[C@@H]1C2. The van der Waals surface area contributed by atoms with Crippen LogP contribution in [-0.4, -0.2) is 53.0 Å². The van der Waals surface area contributed by atoms with Gasteiger partial charge in [0.25, 0.3) is 0 Å². The first-order valence-corrected chi connectivity index (χ1v) is 9.19. The fourth-order valence-corrected chi connectivity index (χ4v) is 4.73. The van der Waals surface area contributed by atoms with Crippen molar-refractivity contribution in [1.29, 1.82) is 0 Å². The number of amides is 1. The van der Waals surface area contributed by atoms with Crippen molar-refractivity contribution in [2.24, 2.45) is 23.7 Å². The summed E-state index contributed by atoms with van der Waals surface area (Å²) in [5, 5.41) is 9.54. The quantitative estimate of drug-likeness (QED) is 0.837. The third-order valence-electron chi connectivity index (χ3n) is 6.01. The molecule has 1 N–H and O–H groups in total. The molecule has 4 atom stereocenters. The molecule has 138 valence electrons. The van der Waals surface area contributed by atoms with E-state index in [1.807, 2.05) is 23.1 Å². The van der Waals surface area contributed by atoms with Gasteiger partial charge >= 0.3 is 5.97 Å². The van der Waals surface area contributed by atoms with Crippen LogP contribution >= 0.6 is 0 Å². The van der Waals surface area contributed by atoms with Crippen LogP contribution in [0, 0.1) is 29.5 Å². The first kappa shape index (κ1) is 17.2. The summed E-state index contributed by atoms with van der Waals surface area (Å²) in [4.78, 5) is 28.6. The molecule has 1 heterocycles. The molecular formula is C20H23FN2O3. The van der Waals surface area contributed by atoms with E-state index in [0.717, 1.165) is 25.1 Å². The van der Waals surface area contributed by atoms with E-state index in [9.17, 15) is 19.1 Å². The maximum atomic E-state index is 13.3. The summed E-state index contributed by atoms with van der Waals surface area (Å²) < 4.78 is 13.3. The molecule has 2 aliphatic carbocycles. The number of halogens is 1. The van der Waals surface area contributed by atoms with Gasteiger partial charge in [-0.3, -0.25) is 14.5 Å². The standard InChI is InChI=1S/C20H23FN2O3/c21-16-3-1-2-13(10-16)12-22-6-8-23(9-7-22)19(24)17-14-4-5-15(11-14)18(17)20(25)26/h1-5,10,14-15,17-18H,6-9,11-12H2,(H,25,26)/t14-,15+,17-,18-/m0/s1. The van der Waals surface area contributed by atoms with Gasteiger partial charge in [0, 0.05) is 32.7 Å². The van der Waals surface area contributed by atoms with E-state index in [2.05, 4.69) is 4.90 Å². The topological polar surface area (TPSA) is 60.9 Å². The minimum atomic E-state index is -0.857. The van der Waals surface area contributed by atoms with Gasteiger partial charge in [-0.15, -0.1) is 0 Å². The molecule has 2 bridgehead atoms. The van der Waals surface area contributed by atoms with Gasteiger partial charge in [-0.05, 0) is 36.0 Å². The molecular weight excluding hydrogens is 335 g/mol. The number of nitrogens with zero attached hydrogens (tertiary/aromatic N) is 2. The van der Waals surface area contributed by atoms with Crippen LogP contribution in [0.25, 0.3) is 0 Å². The number of fused-ring (bicyclic) bond motifs is 2. The Kier molecular flexibility index (Phi) is 4.53. The first-order valence-electron chi connectivity index (χ1n) is 9.19. The van der Waals surface area contributed by atoms with Gasteiger partial charge in [0.2, 0.25) is 5.91 Å². The molecule has 1 amide bonds. The molecule has 0 radical (unpaired) electrons. The smallest absolute Gasteiger partial charge is 0.307 e. The van der Waals surface area contributed by atoms with Gasteiger partial charge in [0.15, 0.2) is 0 Å². The number of carbonyl (C=O) groups excluding carboxylic acids is 1. The van der Waals surface area contributed by atoms with Crippen LogP contribution in [0.2, 0.25) is 0 Å². The second kappa shape index (κ2) is 6.83.